The third-order valence-electron chi connectivity index (χ3n) is 8.19. The number of carbonyl (C=O) groups is 2. The molecule has 1 unspecified atom stereocenters. The number of amides is 3. The quantitative estimate of drug-likeness (QED) is 0.547. The average Bonchev–Trinajstić information content (AvgIpc) is 3.18. The van der Waals surface area contributed by atoms with E-state index in [1.165, 1.54) is 0 Å². The van der Waals surface area contributed by atoms with Crippen LogP contribution in [0.5, 0.6) is 5.88 Å². The van der Waals surface area contributed by atoms with Crippen LogP contribution in [0, 0.1) is 16.7 Å². The van der Waals surface area contributed by atoms with Gasteiger partial charge < -0.3 is 29.9 Å². The summed E-state index contributed by atoms with van der Waals surface area (Å²) < 4.78 is 11.2. The molecule has 4 aliphatic rings. The van der Waals surface area contributed by atoms with E-state index in [2.05, 4.69) is 31.5 Å². The molecule has 1 spiro atoms. The Morgan fingerprint density at radius 3 is 2.67 bits per heavy atom. The van der Waals surface area contributed by atoms with Gasteiger partial charge in [-0.25, -0.2) is 9.78 Å². The highest BCUT2D eigenvalue weighted by Gasteiger charge is 2.56. The van der Waals surface area contributed by atoms with E-state index in [1.54, 1.807) is 41.4 Å². The van der Waals surface area contributed by atoms with Crippen molar-refractivity contribution in [1.29, 1.82) is 5.26 Å². The van der Waals surface area contributed by atoms with Crippen LogP contribution in [0.4, 0.5) is 10.5 Å². The molecule has 4 aliphatic heterocycles. The van der Waals surface area contributed by atoms with Crippen LogP contribution < -0.4 is 15.4 Å². The van der Waals surface area contributed by atoms with Crippen LogP contribution >= 0.6 is 0 Å². The maximum atomic E-state index is 13.7. The predicted molar refractivity (Wildman–Crippen MR) is 142 cm³/mol. The largest absolute Gasteiger partial charge is 0.478 e. The van der Waals surface area contributed by atoms with Crippen LogP contribution in [-0.4, -0.2) is 104 Å². The van der Waals surface area contributed by atoms with Crippen LogP contribution in [-0.2, 0) is 15.1 Å². The van der Waals surface area contributed by atoms with Crippen molar-refractivity contribution in [1.82, 2.24) is 25.0 Å². The van der Waals surface area contributed by atoms with E-state index >= 15 is 0 Å². The number of ether oxygens (including phenoxy) is 2. The van der Waals surface area contributed by atoms with Crippen molar-refractivity contribution in [3.05, 3.63) is 53.2 Å². The van der Waals surface area contributed by atoms with Crippen LogP contribution in [0.1, 0.15) is 23.6 Å². The molecular formula is C28H33N7O4. The molecule has 0 aliphatic carbocycles. The van der Waals surface area contributed by atoms with Gasteiger partial charge in [0.1, 0.15) is 0 Å². The molecule has 2 aromatic rings. The van der Waals surface area contributed by atoms with E-state index in [0.717, 1.165) is 52.5 Å². The molecule has 1 aromatic heterocycles. The van der Waals surface area contributed by atoms with Gasteiger partial charge >= 0.3 is 6.03 Å². The van der Waals surface area contributed by atoms with Gasteiger partial charge in [-0.1, -0.05) is 0 Å². The number of hydrogen-bond acceptors (Lipinski definition) is 8. The number of pyridine rings is 1. The number of anilines is 1. The Labute approximate surface area is 227 Å². The van der Waals surface area contributed by atoms with E-state index in [-0.39, 0.29) is 17.3 Å². The summed E-state index contributed by atoms with van der Waals surface area (Å²) in [4.78, 5) is 38.3. The van der Waals surface area contributed by atoms with Crippen molar-refractivity contribution in [2.75, 3.05) is 77.5 Å². The lowest BCUT2D eigenvalue weighted by Gasteiger charge is -2.60. The monoisotopic (exact) mass is 531 g/mol. The van der Waals surface area contributed by atoms with Crippen molar-refractivity contribution in [2.45, 2.75) is 12.5 Å². The molecule has 3 fully saturated rings. The normalized spacial score (nSPS) is 23.8. The molecule has 0 radical (unpaired) electrons. The molecule has 5 heterocycles. The Morgan fingerprint density at radius 2 is 1.92 bits per heavy atom. The fourth-order valence-corrected chi connectivity index (χ4v) is 6.27. The summed E-state index contributed by atoms with van der Waals surface area (Å²) in [6.07, 6.45) is 1.59. The molecular weight excluding hydrogens is 498 g/mol. The van der Waals surface area contributed by atoms with Crippen molar-refractivity contribution >= 4 is 17.6 Å². The van der Waals surface area contributed by atoms with E-state index in [4.69, 9.17) is 9.47 Å². The van der Waals surface area contributed by atoms with Gasteiger partial charge in [-0.05, 0) is 37.3 Å². The number of rotatable bonds is 7. The third-order valence-corrected chi connectivity index (χ3v) is 8.19. The van der Waals surface area contributed by atoms with Gasteiger partial charge in [0.15, 0.2) is 5.54 Å². The minimum Gasteiger partial charge on any atom is -0.478 e. The summed E-state index contributed by atoms with van der Waals surface area (Å²) in [5, 5.41) is 15.5. The number of nitriles is 1. The molecule has 0 saturated carbocycles. The molecule has 6 rings (SSSR count). The van der Waals surface area contributed by atoms with Gasteiger partial charge in [0.25, 0.3) is 5.91 Å². The predicted octanol–water partition coefficient (Wildman–Crippen LogP) is 1.21. The van der Waals surface area contributed by atoms with Crippen LogP contribution in [0.15, 0.2) is 36.5 Å². The van der Waals surface area contributed by atoms with Gasteiger partial charge in [-0.2, -0.15) is 5.26 Å². The highest BCUT2D eigenvalue weighted by molar-refractivity contribution is 6.10. The standard InChI is InChI=1S/C28H33N7O4/c1-2-39-24-21(4-3-7-30-24)28(22-14-20(15-29)5-6-23(22)31-25(28)36)32-26(37)35-18-27(19-35)16-34(17-27)9-8-33-10-12-38-13-11-33/h3-7,14H,2,8-13,16-19H2,1H3,(H,31,36)(H,32,37). The first kappa shape index (κ1) is 25.6. The highest BCUT2D eigenvalue weighted by Crippen LogP contribution is 2.45. The number of likely N-dealkylation sites (tertiary alicyclic amines) is 2. The van der Waals surface area contributed by atoms with Gasteiger partial charge in [0.2, 0.25) is 5.88 Å². The molecule has 2 N–H and O–H groups in total. The first-order chi connectivity index (χ1) is 19.0. The second-order valence-electron chi connectivity index (χ2n) is 10.8. The SMILES string of the molecule is CCOc1ncccc1C1(NC(=O)N2CC3(CN(CCN4CCOCC4)C3)C2)C(=O)Nc2ccc(C#N)cc21. The minimum absolute atomic E-state index is 0.115. The second kappa shape index (κ2) is 10.1. The summed E-state index contributed by atoms with van der Waals surface area (Å²) in [7, 11) is 0. The zero-order valence-corrected chi connectivity index (χ0v) is 22.1. The van der Waals surface area contributed by atoms with Crippen molar-refractivity contribution < 1.29 is 19.1 Å². The number of aromatic nitrogens is 1. The summed E-state index contributed by atoms with van der Waals surface area (Å²) in [5.41, 5.74) is 0.400. The van der Waals surface area contributed by atoms with Crippen molar-refractivity contribution in [3.8, 4) is 11.9 Å². The van der Waals surface area contributed by atoms with Gasteiger partial charge in [-0.3, -0.25) is 9.69 Å². The Morgan fingerprint density at radius 1 is 1.15 bits per heavy atom. The van der Waals surface area contributed by atoms with E-state index in [0.29, 0.717) is 42.1 Å². The minimum atomic E-state index is -1.58. The van der Waals surface area contributed by atoms with E-state index in [1.807, 2.05) is 6.92 Å². The average molecular weight is 532 g/mol. The molecule has 1 atom stereocenters. The Balaban J connectivity index is 1.18. The van der Waals surface area contributed by atoms with Gasteiger partial charge in [0.05, 0.1) is 37.0 Å². The molecule has 11 nitrogen and oxygen atoms in total. The molecule has 11 heteroatoms. The van der Waals surface area contributed by atoms with Crippen LogP contribution in [0.2, 0.25) is 0 Å². The van der Waals surface area contributed by atoms with Crippen LogP contribution in [0.25, 0.3) is 0 Å². The molecule has 39 heavy (non-hydrogen) atoms. The summed E-state index contributed by atoms with van der Waals surface area (Å²) in [5.74, 6) is -0.149. The maximum Gasteiger partial charge on any atom is 0.318 e. The van der Waals surface area contributed by atoms with E-state index in [9.17, 15) is 14.9 Å². The number of benzene rings is 1. The first-order valence-corrected chi connectivity index (χ1v) is 13.5. The molecule has 3 saturated heterocycles. The van der Waals surface area contributed by atoms with Gasteiger partial charge in [-0.15, -0.1) is 0 Å². The summed E-state index contributed by atoms with van der Waals surface area (Å²) >= 11 is 0. The van der Waals surface area contributed by atoms with Crippen molar-refractivity contribution in [2.24, 2.45) is 5.41 Å². The number of urea groups is 1. The summed E-state index contributed by atoms with van der Waals surface area (Å²) in [6.45, 7) is 11.1. The lowest BCUT2D eigenvalue weighted by Crippen LogP contribution is -2.74. The molecule has 3 amide bonds. The number of hydrogen-bond donors (Lipinski definition) is 2. The zero-order chi connectivity index (χ0) is 27.0. The fourth-order valence-electron chi connectivity index (χ4n) is 6.27. The van der Waals surface area contributed by atoms with Gasteiger partial charge in [0, 0.05) is 75.2 Å². The zero-order valence-electron chi connectivity index (χ0n) is 22.1. The molecule has 204 valence electrons. The van der Waals surface area contributed by atoms with Crippen molar-refractivity contribution in [3.63, 3.8) is 0 Å². The Hall–Kier alpha value is -3.72. The third kappa shape index (κ3) is 4.48. The number of nitrogens with one attached hydrogen (secondary N) is 2. The summed E-state index contributed by atoms with van der Waals surface area (Å²) in [6, 6.07) is 10.2. The second-order valence-corrected chi connectivity index (χ2v) is 10.8. The maximum absolute atomic E-state index is 13.7. The smallest absolute Gasteiger partial charge is 0.318 e. The lowest BCUT2D eigenvalue weighted by atomic mass is 9.73. The number of nitrogens with zero attached hydrogens (tertiary/aromatic N) is 5. The lowest BCUT2D eigenvalue weighted by molar-refractivity contribution is -0.121. The Bertz CT molecular complexity index is 1310. The Kier molecular flexibility index (Phi) is 6.62. The molecule has 1 aromatic carbocycles. The highest BCUT2D eigenvalue weighted by atomic mass is 16.5. The molecule has 0 bridgehead atoms. The fraction of sp³-hybridized carbons (Fsp3) is 0.500. The number of carbonyl (C=O) groups excluding carboxylic acids is 2. The topological polar surface area (TPSA) is 123 Å². The van der Waals surface area contributed by atoms with Crippen LogP contribution in [0.3, 0.4) is 0 Å². The van der Waals surface area contributed by atoms with E-state index < -0.39 is 11.4 Å². The number of fused-ring (bicyclic) bond motifs is 1. The number of morpholine rings is 1. The first-order valence-electron chi connectivity index (χ1n) is 13.5.